The minimum Gasteiger partial charge on any atom is -0.419 e. The number of pyridine rings is 1. The Bertz CT molecular complexity index is 689. The highest BCUT2D eigenvalue weighted by Gasteiger charge is 2.10. The van der Waals surface area contributed by atoms with Gasteiger partial charge in [0.15, 0.2) is 11.4 Å². The summed E-state index contributed by atoms with van der Waals surface area (Å²) in [6.45, 7) is 0. The van der Waals surface area contributed by atoms with Crippen molar-refractivity contribution in [3.05, 3.63) is 66.6 Å². The van der Waals surface area contributed by atoms with E-state index in [9.17, 15) is 4.79 Å². The number of fused-ring (bicyclic) bond motifs is 1. The van der Waals surface area contributed by atoms with Crippen LogP contribution in [0.5, 0.6) is 5.75 Å². The Labute approximate surface area is 103 Å². The number of nitrogens with zero attached hydrogens (tertiary/aromatic N) is 2. The molecule has 4 nitrogen and oxygen atoms in total. The van der Waals surface area contributed by atoms with Gasteiger partial charge in [-0.25, -0.2) is 9.78 Å². The Morgan fingerprint density at radius 1 is 1.06 bits per heavy atom. The normalized spacial score (nSPS) is 10.4. The molecule has 88 valence electrons. The van der Waals surface area contributed by atoms with Crippen molar-refractivity contribution in [2.75, 3.05) is 0 Å². The first-order valence-corrected chi connectivity index (χ1v) is 5.53. The molecule has 0 saturated heterocycles. The Morgan fingerprint density at radius 2 is 1.89 bits per heavy atom. The van der Waals surface area contributed by atoms with Crippen LogP contribution in [0.4, 0.5) is 0 Å². The average molecular weight is 238 g/mol. The minimum atomic E-state index is -0.383. The number of aromatic nitrogens is 2. The maximum atomic E-state index is 11.9. The molecule has 0 bridgehead atoms. The van der Waals surface area contributed by atoms with Gasteiger partial charge in [-0.2, -0.15) is 0 Å². The van der Waals surface area contributed by atoms with Crippen molar-refractivity contribution in [3.63, 3.8) is 0 Å². The van der Waals surface area contributed by atoms with E-state index in [1.54, 1.807) is 47.1 Å². The molecule has 0 aliphatic carbocycles. The number of hydrogen-bond acceptors (Lipinski definition) is 3. The molecular weight excluding hydrogens is 228 g/mol. The molecule has 0 unspecified atom stereocenters. The highest BCUT2D eigenvalue weighted by Crippen LogP contribution is 2.18. The van der Waals surface area contributed by atoms with Crippen LogP contribution < -0.4 is 4.74 Å². The van der Waals surface area contributed by atoms with E-state index in [2.05, 4.69) is 4.98 Å². The number of benzene rings is 1. The van der Waals surface area contributed by atoms with Crippen LogP contribution in [0.3, 0.4) is 0 Å². The Hall–Kier alpha value is -2.62. The first-order valence-electron chi connectivity index (χ1n) is 5.53. The van der Waals surface area contributed by atoms with Crippen LogP contribution in [0.1, 0.15) is 10.4 Å². The fourth-order valence-corrected chi connectivity index (χ4v) is 1.73. The largest absolute Gasteiger partial charge is 0.419 e. The molecule has 0 atom stereocenters. The molecule has 0 saturated carbocycles. The van der Waals surface area contributed by atoms with Gasteiger partial charge < -0.3 is 9.14 Å². The van der Waals surface area contributed by atoms with Crippen molar-refractivity contribution in [3.8, 4) is 5.75 Å². The number of rotatable bonds is 2. The lowest BCUT2D eigenvalue weighted by Gasteiger charge is -2.05. The number of carbonyl (C=O) groups excluding carboxylic acids is 1. The van der Waals surface area contributed by atoms with E-state index in [1.807, 2.05) is 18.3 Å². The van der Waals surface area contributed by atoms with Gasteiger partial charge in [0, 0.05) is 18.6 Å². The molecule has 4 heteroatoms. The monoisotopic (exact) mass is 238 g/mol. The summed E-state index contributed by atoms with van der Waals surface area (Å²) in [6, 6.07) is 12.4. The lowest BCUT2D eigenvalue weighted by molar-refractivity contribution is 0.0736. The average Bonchev–Trinajstić information content (AvgIpc) is 2.89. The summed E-state index contributed by atoms with van der Waals surface area (Å²) in [4.78, 5) is 16.1. The number of esters is 1. The molecule has 3 aromatic rings. The van der Waals surface area contributed by atoms with E-state index >= 15 is 0 Å². The topological polar surface area (TPSA) is 43.6 Å². The van der Waals surface area contributed by atoms with Crippen LogP contribution in [0.15, 0.2) is 61.1 Å². The molecule has 0 fully saturated rings. The highest BCUT2D eigenvalue weighted by molar-refractivity contribution is 5.91. The lowest BCUT2D eigenvalue weighted by Crippen LogP contribution is -2.08. The zero-order valence-corrected chi connectivity index (χ0v) is 9.48. The molecule has 0 spiro atoms. The van der Waals surface area contributed by atoms with Gasteiger partial charge in [-0.1, -0.05) is 18.2 Å². The number of imidazole rings is 1. The third-order valence-electron chi connectivity index (χ3n) is 2.60. The molecule has 18 heavy (non-hydrogen) atoms. The van der Waals surface area contributed by atoms with Gasteiger partial charge in [-0.3, -0.25) is 0 Å². The van der Waals surface area contributed by atoms with Crippen molar-refractivity contribution < 1.29 is 9.53 Å². The van der Waals surface area contributed by atoms with Crippen LogP contribution in [0.25, 0.3) is 5.65 Å². The number of hydrogen-bond donors (Lipinski definition) is 0. The Morgan fingerprint density at radius 3 is 2.72 bits per heavy atom. The summed E-state index contributed by atoms with van der Waals surface area (Å²) >= 11 is 0. The fourth-order valence-electron chi connectivity index (χ4n) is 1.73. The summed E-state index contributed by atoms with van der Waals surface area (Å²) in [5.41, 5.74) is 1.15. The predicted octanol–water partition coefficient (Wildman–Crippen LogP) is 2.55. The molecular formula is C14H10N2O2. The van der Waals surface area contributed by atoms with Crippen LogP contribution in [0.2, 0.25) is 0 Å². The van der Waals surface area contributed by atoms with E-state index in [0.29, 0.717) is 17.0 Å². The maximum absolute atomic E-state index is 11.9. The summed E-state index contributed by atoms with van der Waals surface area (Å²) in [7, 11) is 0. The van der Waals surface area contributed by atoms with Crippen LogP contribution in [-0.2, 0) is 0 Å². The van der Waals surface area contributed by atoms with E-state index in [0.717, 1.165) is 0 Å². The summed E-state index contributed by atoms with van der Waals surface area (Å²) in [5, 5.41) is 0. The molecule has 2 aromatic heterocycles. The quantitative estimate of drug-likeness (QED) is 0.644. The van der Waals surface area contributed by atoms with Crippen molar-refractivity contribution in [2.45, 2.75) is 0 Å². The highest BCUT2D eigenvalue weighted by atomic mass is 16.5. The van der Waals surface area contributed by atoms with Gasteiger partial charge in [0.05, 0.1) is 5.56 Å². The second-order valence-electron chi connectivity index (χ2n) is 3.79. The predicted molar refractivity (Wildman–Crippen MR) is 66.6 cm³/mol. The number of carbonyl (C=O) groups is 1. The van der Waals surface area contributed by atoms with Gasteiger partial charge >= 0.3 is 5.97 Å². The van der Waals surface area contributed by atoms with Crippen molar-refractivity contribution in [2.24, 2.45) is 0 Å². The van der Waals surface area contributed by atoms with Gasteiger partial charge in [-0.15, -0.1) is 0 Å². The van der Waals surface area contributed by atoms with E-state index in [-0.39, 0.29) is 5.97 Å². The first-order chi connectivity index (χ1) is 8.84. The Kier molecular flexibility index (Phi) is 2.53. The second kappa shape index (κ2) is 4.33. The van der Waals surface area contributed by atoms with Crippen molar-refractivity contribution >= 4 is 11.6 Å². The van der Waals surface area contributed by atoms with E-state index in [4.69, 9.17) is 4.74 Å². The standard InChI is InChI=1S/C14H10N2O2/c17-14(11-5-2-1-3-6-11)18-12-7-4-9-16-10-8-15-13(12)16/h1-10H. The molecule has 1 aromatic carbocycles. The Balaban J connectivity index is 1.93. The van der Waals surface area contributed by atoms with Crippen molar-refractivity contribution in [1.82, 2.24) is 9.38 Å². The zero-order chi connectivity index (χ0) is 12.4. The summed E-state index contributed by atoms with van der Waals surface area (Å²) in [6.07, 6.45) is 5.31. The fraction of sp³-hybridized carbons (Fsp3) is 0. The van der Waals surface area contributed by atoms with Gasteiger partial charge in [0.1, 0.15) is 0 Å². The maximum Gasteiger partial charge on any atom is 0.343 e. The third-order valence-corrected chi connectivity index (χ3v) is 2.60. The van der Waals surface area contributed by atoms with E-state index < -0.39 is 0 Å². The van der Waals surface area contributed by atoms with Gasteiger partial charge in [0.25, 0.3) is 0 Å². The molecule has 2 heterocycles. The van der Waals surface area contributed by atoms with E-state index in [1.165, 1.54) is 0 Å². The van der Waals surface area contributed by atoms with Gasteiger partial charge in [0.2, 0.25) is 0 Å². The molecule has 0 aliphatic rings. The number of ether oxygens (including phenoxy) is 1. The van der Waals surface area contributed by atoms with Crippen LogP contribution in [-0.4, -0.2) is 15.4 Å². The smallest absolute Gasteiger partial charge is 0.343 e. The van der Waals surface area contributed by atoms with Crippen LogP contribution >= 0.6 is 0 Å². The van der Waals surface area contributed by atoms with Crippen molar-refractivity contribution in [1.29, 1.82) is 0 Å². The minimum absolute atomic E-state index is 0.383. The molecule has 0 amide bonds. The third kappa shape index (κ3) is 1.84. The SMILES string of the molecule is O=C(Oc1cccn2ccnc12)c1ccccc1. The summed E-state index contributed by atoms with van der Waals surface area (Å²) in [5.74, 6) is 0.0723. The lowest BCUT2D eigenvalue weighted by atomic mass is 10.2. The van der Waals surface area contributed by atoms with Gasteiger partial charge in [-0.05, 0) is 24.3 Å². The second-order valence-corrected chi connectivity index (χ2v) is 3.79. The zero-order valence-electron chi connectivity index (χ0n) is 9.48. The molecule has 0 N–H and O–H groups in total. The molecule has 3 rings (SSSR count). The van der Waals surface area contributed by atoms with Crippen LogP contribution in [0, 0.1) is 0 Å². The molecule has 0 aliphatic heterocycles. The summed E-state index contributed by atoms with van der Waals surface area (Å²) < 4.78 is 7.15. The molecule has 0 radical (unpaired) electrons. The first kappa shape index (κ1) is 10.5.